The molecule has 4 aromatic rings. The predicted molar refractivity (Wildman–Crippen MR) is 161 cm³/mol. The van der Waals surface area contributed by atoms with Crippen LogP contribution in [-0.4, -0.2) is 78.6 Å². The van der Waals surface area contributed by atoms with Crippen LogP contribution in [0.1, 0.15) is 35.5 Å². The fourth-order valence-electron chi connectivity index (χ4n) is 5.60. The van der Waals surface area contributed by atoms with Crippen molar-refractivity contribution in [2.45, 2.75) is 49.5 Å². The van der Waals surface area contributed by atoms with E-state index < -0.39 is 21.2 Å². The van der Waals surface area contributed by atoms with Crippen molar-refractivity contribution in [3.63, 3.8) is 0 Å². The number of hydrogen-bond donors (Lipinski definition) is 1. The minimum atomic E-state index is -4.20. The van der Waals surface area contributed by atoms with Crippen LogP contribution in [-0.2, 0) is 27.7 Å². The van der Waals surface area contributed by atoms with Crippen molar-refractivity contribution in [1.82, 2.24) is 25.2 Å². The molecule has 0 bridgehead atoms. The van der Waals surface area contributed by atoms with Gasteiger partial charge in [0.1, 0.15) is 5.82 Å². The fraction of sp³-hybridized carbons (Fsp3) is 0.355. The van der Waals surface area contributed by atoms with E-state index in [1.54, 1.807) is 36.3 Å². The molecule has 43 heavy (non-hydrogen) atoms. The molecule has 12 heteroatoms. The van der Waals surface area contributed by atoms with Crippen molar-refractivity contribution in [1.29, 1.82) is 0 Å². The molecular weight excluding hydrogens is 571 g/mol. The van der Waals surface area contributed by atoms with Crippen LogP contribution in [0.4, 0.5) is 10.2 Å². The largest absolute Gasteiger partial charge is 0.372 e. The second-order valence-corrected chi connectivity index (χ2v) is 13.3. The highest BCUT2D eigenvalue weighted by Gasteiger charge is 2.34. The van der Waals surface area contributed by atoms with Crippen LogP contribution in [0.25, 0.3) is 22.3 Å². The van der Waals surface area contributed by atoms with Crippen LogP contribution in [0.15, 0.2) is 65.7 Å². The molecule has 3 atom stereocenters. The summed E-state index contributed by atoms with van der Waals surface area (Å²) in [5, 5.41) is 3.63. The Kier molecular flexibility index (Phi) is 7.84. The third-order valence-corrected chi connectivity index (χ3v) is 9.48. The third kappa shape index (κ3) is 6.08. The molecule has 10 nitrogen and oxygen atoms in total. The normalized spacial score (nSPS) is 22.1. The number of halogens is 1. The first-order valence-electron chi connectivity index (χ1n) is 14.2. The summed E-state index contributed by atoms with van der Waals surface area (Å²) in [5.74, 6) is 0.390. The number of benzene rings is 1. The Labute approximate surface area is 249 Å². The molecule has 5 heterocycles. The number of pyridine rings is 3. The van der Waals surface area contributed by atoms with Gasteiger partial charge >= 0.3 is 0 Å². The summed E-state index contributed by atoms with van der Waals surface area (Å²) >= 11 is 0. The maximum atomic E-state index is 14.5. The Bertz CT molecular complexity index is 1790. The van der Waals surface area contributed by atoms with Crippen molar-refractivity contribution >= 4 is 32.5 Å². The number of aromatic nitrogens is 3. The van der Waals surface area contributed by atoms with E-state index in [1.165, 1.54) is 6.07 Å². The maximum Gasteiger partial charge on any atom is 0.251 e. The van der Waals surface area contributed by atoms with Crippen LogP contribution < -0.4 is 10.2 Å². The molecule has 2 aliphatic heterocycles. The van der Waals surface area contributed by atoms with Crippen LogP contribution in [0.5, 0.6) is 0 Å². The number of fused-ring (bicyclic) bond motifs is 2. The van der Waals surface area contributed by atoms with E-state index in [9.17, 15) is 17.6 Å². The van der Waals surface area contributed by atoms with E-state index in [2.05, 4.69) is 29.0 Å². The smallest absolute Gasteiger partial charge is 0.251 e. The highest BCUT2D eigenvalue weighted by Crippen LogP contribution is 2.28. The van der Waals surface area contributed by atoms with Gasteiger partial charge in [-0.2, -0.15) is 0 Å². The van der Waals surface area contributed by atoms with Crippen molar-refractivity contribution in [2.24, 2.45) is 0 Å². The summed E-state index contributed by atoms with van der Waals surface area (Å²) in [6.45, 7) is 5.80. The number of ether oxygens (including phenoxy) is 1. The lowest BCUT2D eigenvalue weighted by Crippen LogP contribution is -2.45. The average molecular weight is 605 g/mol. The van der Waals surface area contributed by atoms with Gasteiger partial charge < -0.3 is 15.0 Å². The summed E-state index contributed by atoms with van der Waals surface area (Å²) in [7, 11) is -2.54. The fourth-order valence-corrected chi connectivity index (χ4v) is 7.12. The molecule has 1 unspecified atom stereocenters. The first-order valence-corrected chi connectivity index (χ1v) is 15.7. The molecular formula is C31H33FN6O4S. The van der Waals surface area contributed by atoms with Crippen molar-refractivity contribution < 1.29 is 22.3 Å². The molecule has 0 radical (unpaired) electrons. The van der Waals surface area contributed by atoms with Gasteiger partial charge in [-0.25, -0.2) is 22.8 Å². The first-order chi connectivity index (χ1) is 20.6. The molecule has 3 aromatic heterocycles. The standard InChI is InChI=1S/C31H33FN6O4S/c1-19-15-38(16-20(2)42-19)30-6-4-5-25(36-30)26-10-9-22-13-33-24(12-27(22)35-26)14-34-31(39)21-7-8-23-17-37(3)18-29(32)43(40,41)28(23)11-21/h4-13,19-20,29H,14-18H2,1-3H3,(H,34,39)/t19-,20+,29?. The lowest BCUT2D eigenvalue weighted by atomic mass is 10.1. The summed E-state index contributed by atoms with van der Waals surface area (Å²) in [6, 6.07) is 15.9. The Morgan fingerprint density at radius 1 is 1.02 bits per heavy atom. The first kappa shape index (κ1) is 29.1. The molecule has 1 aromatic carbocycles. The lowest BCUT2D eigenvalue weighted by molar-refractivity contribution is -0.00545. The van der Waals surface area contributed by atoms with Gasteiger partial charge in [-0.05, 0) is 68.9 Å². The number of carbonyl (C=O) groups is 1. The number of sulfone groups is 1. The van der Waals surface area contributed by atoms with Gasteiger partial charge in [-0.15, -0.1) is 0 Å². The van der Waals surface area contributed by atoms with E-state index in [-0.39, 0.29) is 42.3 Å². The molecule has 2 aliphatic rings. The van der Waals surface area contributed by atoms with Crippen LogP contribution in [0, 0.1) is 0 Å². The van der Waals surface area contributed by atoms with Crippen LogP contribution in [0.2, 0.25) is 0 Å². The monoisotopic (exact) mass is 604 g/mol. The molecule has 1 saturated heterocycles. The van der Waals surface area contributed by atoms with Crippen molar-refractivity contribution in [2.75, 3.05) is 31.6 Å². The lowest BCUT2D eigenvalue weighted by Gasteiger charge is -2.36. The molecule has 0 spiro atoms. The van der Waals surface area contributed by atoms with Gasteiger partial charge in [0.25, 0.3) is 5.91 Å². The second-order valence-electron chi connectivity index (χ2n) is 11.3. The average Bonchev–Trinajstić information content (AvgIpc) is 3.07. The Hall–Kier alpha value is -4.00. The molecule has 1 amide bonds. The van der Waals surface area contributed by atoms with Gasteiger partial charge in [-0.1, -0.05) is 12.1 Å². The molecule has 224 valence electrons. The van der Waals surface area contributed by atoms with E-state index in [0.29, 0.717) is 22.5 Å². The highest BCUT2D eigenvalue weighted by molar-refractivity contribution is 7.92. The Balaban J connectivity index is 1.19. The van der Waals surface area contributed by atoms with Gasteiger partial charge in [0.2, 0.25) is 15.3 Å². The van der Waals surface area contributed by atoms with E-state index >= 15 is 0 Å². The summed E-state index contributed by atoms with van der Waals surface area (Å²) in [6.07, 6.45) is 1.93. The number of rotatable bonds is 5. The van der Waals surface area contributed by atoms with Crippen molar-refractivity contribution in [3.05, 3.63) is 77.6 Å². The molecule has 6 rings (SSSR count). The topological polar surface area (TPSA) is 118 Å². The number of nitrogens with zero attached hydrogens (tertiary/aromatic N) is 5. The zero-order chi connectivity index (χ0) is 30.3. The number of hydrogen-bond acceptors (Lipinski definition) is 9. The molecule has 1 fully saturated rings. The molecule has 0 aliphatic carbocycles. The van der Waals surface area contributed by atoms with E-state index in [1.807, 2.05) is 30.3 Å². The number of morpholine rings is 1. The van der Waals surface area contributed by atoms with Crippen LogP contribution >= 0.6 is 0 Å². The zero-order valence-electron chi connectivity index (χ0n) is 24.2. The minimum absolute atomic E-state index is 0.0973. The van der Waals surface area contributed by atoms with Gasteiger partial charge in [0.05, 0.1) is 46.2 Å². The van der Waals surface area contributed by atoms with Gasteiger partial charge in [0.15, 0.2) is 0 Å². The van der Waals surface area contributed by atoms with Crippen molar-refractivity contribution in [3.8, 4) is 11.4 Å². The Morgan fingerprint density at radius 3 is 2.58 bits per heavy atom. The van der Waals surface area contributed by atoms with E-state index in [0.717, 1.165) is 30.0 Å². The van der Waals surface area contributed by atoms with E-state index in [4.69, 9.17) is 14.7 Å². The zero-order valence-corrected chi connectivity index (χ0v) is 25.0. The predicted octanol–water partition coefficient (Wildman–Crippen LogP) is 3.75. The van der Waals surface area contributed by atoms with Gasteiger partial charge in [-0.3, -0.25) is 14.7 Å². The van der Waals surface area contributed by atoms with Gasteiger partial charge in [0, 0.05) is 43.3 Å². The summed E-state index contributed by atoms with van der Waals surface area (Å²) in [4.78, 5) is 30.8. The number of nitrogens with one attached hydrogen (secondary N) is 1. The molecule has 1 N–H and O–H groups in total. The summed E-state index contributed by atoms with van der Waals surface area (Å²) in [5.41, 5.74) is 1.29. The Morgan fingerprint density at radius 2 is 1.79 bits per heavy atom. The van der Waals surface area contributed by atoms with Crippen LogP contribution in [0.3, 0.4) is 0 Å². The molecule has 0 saturated carbocycles. The summed E-state index contributed by atoms with van der Waals surface area (Å²) < 4.78 is 45.8. The number of alkyl halides is 1. The quantitative estimate of drug-likeness (QED) is 0.364. The second kappa shape index (κ2) is 11.6. The minimum Gasteiger partial charge on any atom is -0.372 e. The SMILES string of the molecule is C[C@@H]1CN(c2cccc(-c3ccc4cnc(CNC(=O)c5ccc6c(c5)S(=O)(=O)C(F)CN(C)C6)cc4n3)n2)C[C@H](C)O1. The highest BCUT2D eigenvalue weighted by atomic mass is 32.2. The number of anilines is 1. The number of carbonyl (C=O) groups excluding carboxylic acids is 1. The third-order valence-electron chi connectivity index (χ3n) is 7.67. The number of amides is 1. The maximum absolute atomic E-state index is 14.5.